The molecule has 7 aromatic carbocycles. The second-order valence-corrected chi connectivity index (χ2v) is 18.7. The molecule has 342 valence electrons. The monoisotopic (exact) mass is 884 g/mol. The predicted molar refractivity (Wildman–Crippen MR) is 284 cm³/mol. The van der Waals surface area contributed by atoms with E-state index in [1.165, 1.54) is 27.2 Å². The Hall–Kier alpha value is -6.32. The first-order valence-electron chi connectivity index (χ1n) is 25.6. The molecule has 3 heteroatoms. The second-order valence-electron chi connectivity index (χ2n) is 18.7. The SMILES string of the molecule is CCCCc1ccc(-c2cccc(-c3ccc(-c4cccc(-c5ccc(CCCC)cc5)c4-c4ccc(CCCC)cc4)c4c3C(=O)N(CCCC)C4=O)c2-c2ccc(CCCC)cc2)cc1. The van der Waals surface area contributed by atoms with Crippen LogP contribution in [0.2, 0.25) is 0 Å². The highest BCUT2D eigenvalue weighted by Crippen LogP contribution is 2.48. The molecule has 0 saturated heterocycles. The molecule has 1 heterocycles. The Kier molecular flexibility index (Phi) is 15.8. The van der Waals surface area contributed by atoms with Gasteiger partial charge in [0, 0.05) is 6.54 Å². The van der Waals surface area contributed by atoms with Crippen LogP contribution < -0.4 is 0 Å². The Bertz CT molecular complexity index is 2590. The van der Waals surface area contributed by atoms with Crippen LogP contribution >= 0.6 is 0 Å². The van der Waals surface area contributed by atoms with Gasteiger partial charge in [0.05, 0.1) is 11.1 Å². The van der Waals surface area contributed by atoms with E-state index in [-0.39, 0.29) is 11.8 Å². The highest BCUT2D eigenvalue weighted by Gasteiger charge is 2.40. The maximum absolute atomic E-state index is 15.1. The van der Waals surface area contributed by atoms with Crippen molar-refractivity contribution in [3.8, 4) is 66.8 Å². The minimum atomic E-state index is -0.211. The number of hydrogen-bond donors (Lipinski definition) is 0. The number of carbonyl (C=O) groups excluding carboxylic acids is 2. The van der Waals surface area contributed by atoms with Crippen molar-refractivity contribution in [2.45, 2.75) is 125 Å². The van der Waals surface area contributed by atoms with Crippen molar-refractivity contribution in [1.82, 2.24) is 4.90 Å². The Labute approximate surface area is 401 Å². The summed E-state index contributed by atoms with van der Waals surface area (Å²) >= 11 is 0. The zero-order chi connectivity index (χ0) is 46.7. The molecule has 0 atom stereocenters. The number of hydrogen-bond acceptors (Lipinski definition) is 2. The van der Waals surface area contributed by atoms with Gasteiger partial charge in [-0.2, -0.15) is 0 Å². The smallest absolute Gasteiger partial charge is 0.262 e. The largest absolute Gasteiger partial charge is 0.274 e. The molecule has 0 fully saturated rings. The fourth-order valence-electron chi connectivity index (χ4n) is 9.94. The molecule has 0 N–H and O–H groups in total. The summed E-state index contributed by atoms with van der Waals surface area (Å²) < 4.78 is 0. The Morgan fingerprint density at radius 3 is 0.896 bits per heavy atom. The number of rotatable bonds is 21. The fourth-order valence-corrected chi connectivity index (χ4v) is 9.94. The number of nitrogens with zero attached hydrogens (tertiary/aromatic N) is 1. The van der Waals surface area contributed by atoms with E-state index in [1.807, 2.05) is 0 Å². The van der Waals surface area contributed by atoms with Gasteiger partial charge >= 0.3 is 0 Å². The molecule has 1 aliphatic rings. The molecular weight excluding hydrogens is 815 g/mol. The maximum Gasteiger partial charge on any atom is 0.262 e. The third kappa shape index (κ3) is 10.3. The van der Waals surface area contributed by atoms with Crippen LogP contribution in [0.25, 0.3) is 66.8 Å². The molecule has 0 bridgehead atoms. The number of benzene rings is 7. The molecule has 7 aromatic rings. The summed E-state index contributed by atoms with van der Waals surface area (Å²) in [4.78, 5) is 31.8. The first-order chi connectivity index (χ1) is 32.9. The summed E-state index contributed by atoms with van der Waals surface area (Å²) in [5.41, 5.74) is 18.6. The predicted octanol–water partition coefficient (Wildman–Crippen LogP) is 17.5. The van der Waals surface area contributed by atoms with Crippen LogP contribution in [0.1, 0.15) is 142 Å². The number of amides is 2. The van der Waals surface area contributed by atoms with Gasteiger partial charge < -0.3 is 0 Å². The van der Waals surface area contributed by atoms with E-state index >= 15 is 9.59 Å². The molecule has 0 spiro atoms. The van der Waals surface area contributed by atoms with E-state index in [0.717, 1.165) is 157 Å². The van der Waals surface area contributed by atoms with Gasteiger partial charge in [-0.05, 0) is 147 Å². The van der Waals surface area contributed by atoms with Crippen molar-refractivity contribution in [1.29, 1.82) is 0 Å². The standard InChI is InChI=1S/C64H69NO2/c1-6-11-18-45-26-34-49(35-27-45)53-22-16-24-55(59(53)51-38-30-47(31-39-51)20-13-8-3)57-42-43-58(62-61(57)63(66)65(64(62)67)44-15-10-5)56-25-17-23-54(50-36-28-46(29-37-50)19-12-7-2)60(56)52-40-32-48(33-41-52)21-14-9-4/h16-17,22-43H,6-15,18-21,44H2,1-5H3. The second kappa shape index (κ2) is 22.4. The average Bonchev–Trinajstić information content (AvgIpc) is 3.63. The van der Waals surface area contributed by atoms with Crippen molar-refractivity contribution < 1.29 is 9.59 Å². The lowest BCUT2D eigenvalue weighted by molar-refractivity contribution is 0.0652. The number of carbonyl (C=O) groups is 2. The third-order valence-electron chi connectivity index (χ3n) is 13.9. The van der Waals surface area contributed by atoms with E-state index in [0.29, 0.717) is 17.7 Å². The highest BCUT2D eigenvalue weighted by atomic mass is 16.2. The van der Waals surface area contributed by atoms with Crippen LogP contribution in [0.15, 0.2) is 146 Å². The Morgan fingerprint density at radius 2 is 0.582 bits per heavy atom. The fraction of sp³-hybridized carbons (Fsp3) is 0.312. The lowest BCUT2D eigenvalue weighted by atomic mass is 9.81. The first-order valence-corrected chi connectivity index (χ1v) is 25.6. The number of aryl methyl sites for hydroxylation is 4. The lowest BCUT2D eigenvalue weighted by Crippen LogP contribution is -2.30. The maximum atomic E-state index is 15.1. The van der Waals surface area contributed by atoms with Crippen molar-refractivity contribution in [3.05, 3.63) is 179 Å². The van der Waals surface area contributed by atoms with Crippen LogP contribution in [-0.2, 0) is 25.7 Å². The zero-order valence-corrected chi connectivity index (χ0v) is 40.7. The van der Waals surface area contributed by atoms with Crippen molar-refractivity contribution in [2.75, 3.05) is 6.54 Å². The van der Waals surface area contributed by atoms with Gasteiger partial charge in [0.2, 0.25) is 0 Å². The van der Waals surface area contributed by atoms with Gasteiger partial charge in [-0.25, -0.2) is 0 Å². The number of imide groups is 1. The molecule has 1 aliphatic heterocycles. The summed E-state index contributed by atoms with van der Waals surface area (Å²) in [5.74, 6) is -0.421. The Balaban J connectivity index is 1.36. The Morgan fingerprint density at radius 1 is 0.299 bits per heavy atom. The van der Waals surface area contributed by atoms with E-state index in [9.17, 15) is 0 Å². The van der Waals surface area contributed by atoms with E-state index in [1.54, 1.807) is 0 Å². The molecular formula is C64H69NO2. The first kappa shape index (κ1) is 47.2. The summed E-state index contributed by atoms with van der Waals surface area (Å²) in [6.07, 6.45) is 15.1. The molecule has 2 amide bonds. The van der Waals surface area contributed by atoms with Crippen LogP contribution in [0.4, 0.5) is 0 Å². The average molecular weight is 884 g/mol. The van der Waals surface area contributed by atoms with Crippen molar-refractivity contribution in [3.63, 3.8) is 0 Å². The van der Waals surface area contributed by atoms with Crippen molar-refractivity contribution in [2.24, 2.45) is 0 Å². The number of unbranched alkanes of at least 4 members (excludes halogenated alkanes) is 5. The normalized spacial score (nSPS) is 12.3. The summed E-state index contributed by atoms with van der Waals surface area (Å²) in [6.45, 7) is 11.4. The highest BCUT2D eigenvalue weighted by molar-refractivity contribution is 6.27. The molecule has 0 aromatic heterocycles. The molecule has 0 radical (unpaired) electrons. The van der Waals surface area contributed by atoms with Gasteiger partial charge in [-0.3, -0.25) is 14.5 Å². The van der Waals surface area contributed by atoms with Gasteiger partial charge in [0.15, 0.2) is 0 Å². The van der Waals surface area contributed by atoms with Gasteiger partial charge in [-0.1, -0.05) is 212 Å². The van der Waals surface area contributed by atoms with Gasteiger partial charge in [0.1, 0.15) is 0 Å². The molecule has 3 nitrogen and oxygen atoms in total. The molecule has 0 saturated carbocycles. The molecule has 0 aliphatic carbocycles. The van der Waals surface area contributed by atoms with E-state index < -0.39 is 0 Å². The summed E-state index contributed by atoms with van der Waals surface area (Å²) in [5, 5.41) is 0. The van der Waals surface area contributed by atoms with Crippen molar-refractivity contribution >= 4 is 11.8 Å². The molecule has 67 heavy (non-hydrogen) atoms. The zero-order valence-electron chi connectivity index (χ0n) is 40.7. The van der Waals surface area contributed by atoms with Crippen LogP contribution in [0, 0.1) is 0 Å². The quantitative estimate of drug-likeness (QED) is 0.0674. The molecule has 0 unspecified atom stereocenters. The van der Waals surface area contributed by atoms with E-state index in [4.69, 9.17) is 0 Å². The summed E-state index contributed by atoms with van der Waals surface area (Å²) in [7, 11) is 0. The minimum absolute atomic E-state index is 0.211. The molecule has 8 rings (SSSR count). The van der Waals surface area contributed by atoms with Crippen LogP contribution in [-0.4, -0.2) is 23.3 Å². The summed E-state index contributed by atoms with van der Waals surface area (Å²) in [6, 6.07) is 53.3. The van der Waals surface area contributed by atoms with Crippen LogP contribution in [0.3, 0.4) is 0 Å². The van der Waals surface area contributed by atoms with Gasteiger partial charge in [0.25, 0.3) is 11.8 Å². The number of fused-ring (bicyclic) bond motifs is 1. The van der Waals surface area contributed by atoms with Gasteiger partial charge in [-0.15, -0.1) is 0 Å². The third-order valence-corrected chi connectivity index (χ3v) is 13.9. The topological polar surface area (TPSA) is 37.4 Å². The van der Waals surface area contributed by atoms with E-state index in [2.05, 4.69) is 180 Å². The lowest BCUT2D eigenvalue weighted by Gasteiger charge is -2.21. The van der Waals surface area contributed by atoms with Crippen LogP contribution in [0.5, 0.6) is 0 Å². The minimum Gasteiger partial charge on any atom is -0.274 e.